The van der Waals surface area contributed by atoms with Gasteiger partial charge in [0.2, 0.25) is 5.43 Å². The van der Waals surface area contributed by atoms with Crippen LogP contribution in [0.5, 0.6) is 0 Å². The van der Waals surface area contributed by atoms with Crippen LogP contribution in [0.3, 0.4) is 0 Å². The smallest absolute Gasteiger partial charge is 0.363 e. The molecular weight excluding hydrogens is 397 g/mol. The number of H-pyrrole nitrogens is 1. The molecule has 9 heteroatoms. The van der Waals surface area contributed by atoms with E-state index in [0.29, 0.717) is 12.2 Å². The molecule has 0 bridgehead atoms. The van der Waals surface area contributed by atoms with Gasteiger partial charge in [0.25, 0.3) is 5.91 Å². The monoisotopic (exact) mass is 416 g/mol. The van der Waals surface area contributed by atoms with Gasteiger partial charge in [-0.1, -0.05) is 6.07 Å². The predicted molar refractivity (Wildman–Crippen MR) is 103 cm³/mol. The number of nitrogens with one attached hydrogen (secondary N) is 1. The lowest BCUT2D eigenvalue weighted by atomic mass is 10.1. The lowest BCUT2D eigenvalue weighted by Gasteiger charge is -2.24. The Morgan fingerprint density at radius 1 is 1.20 bits per heavy atom. The second-order valence-corrected chi connectivity index (χ2v) is 7.24. The normalized spacial score (nSPS) is 16.8. The zero-order valence-corrected chi connectivity index (χ0v) is 16.1. The third kappa shape index (κ3) is 3.62. The van der Waals surface area contributed by atoms with Gasteiger partial charge in [0, 0.05) is 30.2 Å². The number of hydrogen-bond donors (Lipinski definition) is 1. The molecule has 156 valence electrons. The number of nitrogens with zero attached hydrogens (tertiary/aromatic N) is 3. The minimum atomic E-state index is -4.51. The van der Waals surface area contributed by atoms with E-state index in [0.717, 1.165) is 30.7 Å². The Morgan fingerprint density at radius 2 is 2.00 bits per heavy atom. The van der Waals surface area contributed by atoms with Crippen LogP contribution < -0.4 is 5.43 Å². The topological polar surface area (TPSA) is 71.0 Å². The Bertz CT molecular complexity index is 1140. The van der Waals surface area contributed by atoms with Crippen LogP contribution in [0.15, 0.2) is 53.5 Å². The summed E-state index contributed by atoms with van der Waals surface area (Å²) in [4.78, 5) is 30.4. The summed E-state index contributed by atoms with van der Waals surface area (Å²) in [5.74, 6) is -0.530. The highest BCUT2D eigenvalue weighted by Gasteiger charge is 2.34. The molecule has 0 saturated carbocycles. The summed E-state index contributed by atoms with van der Waals surface area (Å²) >= 11 is 0. The van der Waals surface area contributed by atoms with Crippen molar-refractivity contribution in [1.29, 1.82) is 0 Å². The van der Waals surface area contributed by atoms with Gasteiger partial charge in [-0.25, -0.2) is 4.68 Å². The summed E-state index contributed by atoms with van der Waals surface area (Å²) in [7, 11) is 0. The second kappa shape index (κ2) is 7.47. The molecule has 4 rings (SSSR count). The second-order valence-electron chi connectivity index (χ2n) is 7.24. The number of amides is 1. The van der Waals surface area contributed by atoms with Crippen molar-refractivity contribution < 1.29 is 18.0 Å². The van der Waals surface area contributed by atoms with Gasteiger partial charge in [-0.3, -0.25) is 9.59 Å². The summed E-state index contributed by atoms with van der Waals surface area (Å²) in [5, 5.41) is 4.16. The van der Waals surface area contributed by atoms with Crippen molar-refractivity contribution in [2.75, 3.05) is 6.54 Å². The molecule has 1 aliphatic rings. The van der Waals surface area contributed by atoms with E-state index in [2.05, 4.69) is 10.1 Å². The van der Waals surface area contributed by atoms with Gasteiger partial charge in [-0.2, -0.15) is 18.3 Å². The summed E-state index contributed by atoms with van der Waals surface area (Å²) in [6, 6.07) is 9.35. The van der Waals surface area contributed by atoms with Crippen LogP contribution in [0.4, 0.5) is 13.2 Å². The summed E-state index contributed by atoms with van der Waals surface area (Å²) in [5.41, 5.74) is -0.378. The van der Waals surface area contributed by atoms with Crippen molar-refractivity contribution >= 4 is 5.91 Å². The van der Waals surface area contributed by atoms with E-state index < -0.39 is 23.1 Å². The molecule has 1 aromatic carbocycles. The molecule has 0 spiro atoms. The minimum Gasteiger partial charge on any atom is -0.363 e. The number of aromatic amines is 1. The molecule has 2 aromatic heterocycles. The molecule has 3 heterocycles. The highest BCUT2D eigenvalue weighted by Crippen LogP contribution is 2.32. The summed E-state index contributed by atoms with van der Waals surface area (Å²) in [6.45, 7) is 2.03. The van der Waals surface area contributed by atoms with E-state index in [1.165, 1.54) is 22.9 Å². The van der Waals surface area contributed by atoms with Crippen molar-refractivity contribution in [2.45, 2.75) is 32.0 Å². The number of rotatable bonds is 3. The number of carbonyl (C=O) groups excluding carboxylic acids is 1. The highest BCUT2D eigenvalue weighted by atomic mass is 19.4. The van der Waals surface area contributed by atoms with E-state index in [9.17, 15) is 22.8 Å². The van der Waals surface area contributed by atoms with Gasteiger partial charge < -0.3 is 9.88 Å². The zero-order valence-electron chi connectivity index (χ0n) is 16.1. The molecule has 1 N–H and O–H groups in total. The standard InChI is InChI=1S/C21H19F3N4O2/c1-13-11-18(29)19(20(30)27-10-4-8-17(27)16-7-3-9-25-16)26-28(13)15-6-2-5-14(12-15)21(22,23)24/h2-3,5-7,9,11-12,17,25H,4,8,10H2,1H3. The van der Waals surface area contributed by atoms with Crippen LogP contribution in [-0.2, 0) is 6.18 Å². The lowest BCUT2D eigenvalue weighted by Crippen LogP contribution is -2.36. The Labute approximate surface area is 170 Å². The zero-order chi connectivity index (χ0) is 21.5. The van der Waals surface area contributed by atoms with Crippen LogP contribution in [-0.4, -0.2) is 32.1 Å². The Balaban J connectivity index is 1.74. The minimum absolute atomic E-state index is 0.124. The molecular formula is C21H19F3N4O2. The third-order valence-electron chi connectivity index (χ3n) is 5.22. The van der Waals surface area contributed by atoms with Crippen LogP contribution in [0.25, 0.3) is 5.69 Å². The van der Waals surface area contributed by atoms with Crippen LogP contribution in [0.2, 0.25) is 0 Å². The van der Waals surface area contributed by atoms with Crippen LogP contribution in [0, 0.1) is 6.92 Å². The Hall–Kier alpha value is -3.36. The van der Waals surface area contributed by atoms with Crippen molar-refractivity contribution in [1.82, 2.24) is 19.7 Å². The van der Waals surface area contributed by atoms with Gasteiger partial charge >= 0.3 is 6.18 Å². The Morgan fingerprint density at radius 3 is 2.70 bits per heavy atom. The van der Waals surface area contributed by atoms with E-state index in [1.807, 2.05) is 12.1 Å². The number of aromatic nitrogens is 3. The third-order valence-corrected chi connectivity index (χ3v) is 5.22. The lowest BCUT2D eigenvalue weighted by molar-refractivity contribution is -0.137. The predicted octanol–water partition coefficient (Wildman–Crippen LogP) is 3.87. The molecule has 1 saturated heterocycles. The SMILES string of the molecule is Cc1cc(=O)c(C(=O)N2CCCC2c2ccc[nH]2)nn1-c1cccc(C(F)(F)F)c1. The molecule has 0 radical (unpaired) electrons. The van der Waals surface area contributed by atoms with Crippen molar-refractivity contribution in [3.05, 3.63) is 81.5 Å². The van der Waals surface area contributed by atoms with Gasteiger partial charge in [-0.15, -0.1) is 0 Å². The van der Waals surface area contributed by atoms with E-state index in [-0.39, 0.29) is 17.4 Å². The molecule has 1 fully saturated rings. The average Bonchev–Trinajstić information content (AvgIpc) is 3.38. The molecule has 30 heavy (non-hydrogen) atoms. The number of hydrogen-bond acceptors (Lipinski definition) is 3. The maximum absolute atomic E-state index is 13.2. The van der Waals surface area contributed by atoms with Gasteiger partial charge in [0.15, 0.2) is 5.69 Å². The molecule has 0 aliphatic carbocycles. The quantitative estimate of drug-likeness (QED) is 0.705. The number of benzene rings is 1. The number of carbonyl (C=O) groups is 1. The van der Waals surface area contributed by atoms with Crippen LogP contribution in [0.1, 0.15) is 46.3 Å². The van der Waals surface area contributed by atoms with E-state index in [4.69, 9.17) is 0 Å². The number of alkyl halides is 3. The maximum atomic E-state index is 13.2. The van der Waals surface area contributed by atoms with Gasteiger partial charge in [0.05, 0.1) is 17.3 Å². The molecule has 1 atom stereocenters. The fourth-order valence-electron chi connectivity index (χ4n) is 3.79. The molecule has 1 unspecified atom stereocenters. The Kier molecular flexibility index (Phi) is 4.97. The molecule has 3 aromatic rings. The van der Waals surface area contributed by atoms with Crippen molar-refractivity contribution in [2.24, 2.45) is 0 Å². The highest BCUT2D eigenvalue weighted by molar-refractivity contribution is 5.92. The van der Waals surface area contributed by atoms with Crippen LogP contribution >= 0.6 is 0 Å². The number of likely N-dealkylation sites (tertiary alicyclic amines) is 1. The number of aryl methyl sites for hydroxylation is 1. The summed E-state index contributed by atoms with van der Waals surface area (Å²) < 4.78 is 40.5. The fourth-order valence-corrected chi connectivity index (χ4v) is 3.79. The fraction of sp³-hybridized carbons (Fsp3) is 0.286. The van der Waals surface area contributed by atoms with E-state index in [1.54, 1.807) is 18.0 Å². The maximum Gasteiger partial charge on any atom is 0.416 e. The molecule has 6 nitrogen and oxygen atoms in total. The van der Waals surface area contributed by atoms with Gasteiger partial charge in [0.1, 0.15) is 0 Å². The number of halogens is 3. The molecule has 1 aliphatic heterocycles. The first-order chi connectivity index (χ1) is 14.3. The van der Waals surface area contributed by atoms with E-state index >= 15 is 0 Å². The van der Waals surface area contributed by atoms with Crippen molar-refractivity contribution in [3.63, 3.8) is 0 Å². The largest absolute Gasteiger partial charge is 0.416 e. The first-order valence-electron chi connectivity index (χ1n) is 9.48. The van der Waals surface area contributed by atoms with Gasteiger partial charge in [-0.05, 0) is 50.1 Å². The first kappa shape index (κ1) is 19.9. The summed E-state index contributed by atoms with van der Waals surface area (Å²) in [6.07, 6.45) is -1.22. The average molecular weight is 416 g/mol. The van der Waals surface area contributed by atoms with Crippen molar-refractivity contribution in [3.8, 4) is 5.69 Å². The first-order valence-corrected chi connectivity index (χ1v) is 9.48. The molecule has 1 amide bonds.